The van der Waals surface area contributed by atoms with Gasteiger partial charge in [-0.2, -0.15) is 0 Å². The van der Waals surface area contributed by atoms with Crippen molar-refractivity contribution in [2.24, 2.45) is 28.6 Å². The number of ketones is 1. The Labute approximate surface area is 189 Å². The second-order valence-corrected chi connectivity index (χ2v) is 10.6. The van der Waals surface area contributed by atoms with Crippen LogP contribution in [0.3, 0.4) is 0 Å². The van der Waals surface area contributed by atoms with Gasteiger partial charge in [-0.15, -0.1) is 0 Å². The third-order valence-corrected chi connectivity index (χ3v) is 8.64. The van der Waals surface area contributed by atoms with Crippen LogP contribution in [-0.2, 0) is 33.4 Å². The molecule has 32 heavy (non-hydrogen) atoms. The third-order valence-electron chi connectivity index (χ3n) is 8.64. The lowest BCUT2D eigenvalue weighted by atomic mass is 9.47. The molecule has 3 fully saturated rings. The summed E-state index contributed by atoms with van der Waals surface area (Å²) in [4.78, 5) is 48.5. The molecule has 0 N–H and O–H groups in total. The first-order valence-electron chi connectivity index (χ1n) is 11.7. The fourth-order valence-electron chi connectivity index (χ4n) is 7.45. The van der Waals surface area contributed by atoms with E-state index in [0.717, 1.165) is 19.3 Å². The molecular formula is C25H34O7. The molecule has 4 unspecified atom stereocenters. The number of allylic oxidation sites excluding steroid dienone is 1. The van der Waals surface area contributed by atoms with Crippen molar-refractivity contribution in [3.05, 3.63) is 11.6 Å². The molecule has 7 nitrogen and oxygen atoms in total. The molecule has 0 saturated heterocycles. The Morgan fingerprint density at radius 3 is 2.25 bits per heavy atom. The van der Waals surface area contributed by atoms with Crippen LogP contribution >= 0.6 is 0 Å². The highest BCUT2D eigenvalue weighted by Gasteiger charge is 2.65. The second kappa shape index (κ2) is 7.99. The Bertz CT molecular complexity index is 876. The number of rotatable bonds is 3. The average Bonchev–Trinajstić information content (AvgIpc) is 2.91. The standard InChI is InChI=1S/C25H34O7/c1-13(26)30-17-8-9-24(4)16(10-17)6-7-18-19-11-20(31-14(2)27)23(29)25(19,5)12-21(22(18)24)32-15(3)28/h6,17-22H,7-12H2,1-5H3/t17-,18?,19?,20+,21?,22?,24-,25-/m0/s1. The minimum atomic E-state index is -0.725. The van der Waals surface area contributed by atoms with Gasteiger partial charge in [-0.3, -0.25) is 19.2 Å². The van der Waals surface area contributed by atoms with Crippen LogP contribution in [0.2, 0.25) is 0 Å². The predicted octanol–water partition coefficient (Wildman–Crippen LogP) is 3.53. The number of carbonyl (C=O) groups is 4. The molecule has 176 valence electrons. The van der Waals surface area contributed by atoms with E-state index in [1.54, 1.807) is 0 Å². The highest BCUT2D eigenvalue weighted by molar-refractivity contribution is 5.93. The molecule has 3 saturated carbocycles. The number of carbonyl (C=O) groups excluding carboxylic acids is 4. The lowest BCUT2D eigenvalue weighted by Crippen LogP contribution is -2.57. The van der Waals surface area contributed by atoms with Gasteiger partial charge in [0.2, 0.25) is 0 Å². The van der Waals surface area contributed by atoms with Crippen LogP contribution in [0.25, 0.3) is 0 Å². The molecule has 0 aliphatic heterocycles. The first-order valence-corrected chi connectivity index (χ1v) is 11.7. The summed E-state index contributed by atoms with van der Waals surface area (Å²) in [6.45, 7) is 8.38. The summed E-state index contributed by atoms with van der Waals surface area (Å²) in [6.07, 6.45) is 5.09. The Morgan fingerprint density at radius 2 is 1.62 bits per heavy atom. The maximum Gasteiger partial charge on any atom is 0.303 e. The van der Waals surface area contributed by atoms with Gasteiger partial charge in [0, 0.05) is 38.5 Å². The van der Waals surface area contributed by atoms with Crippen molar-refractivity contribution in [3.63, 3.8) is 0 Å². The molecule has 0 heterocycles. The number of Topliss-reactive ketones (excluding diaryl/α,β-unsaturated/α-hetero) is 1. The van der Waals surface area contributed by atoms with Gasteiger partial charge in [-0.25, -0.2) is 0 Å². The van der Waals surface area contributed by atoms with Crippen LogP contribution in [0.4, 0.5) is 0 Å². The van der Waals surface area contributed by atoms with Crippen LogP contribution in [0.15, 0.2) is 11.6 Å². The van der Waals surface area contributed by atoms with E-state index in [2.05, 4.69) is 13.0 Å². The van der Waals surface area contributed by atoms with Crippen molar-refractivity contribution in [2.45, 2.75) is 91.5 Å². The number of hydrogen-bond donors (Lipinski definition) is 0. The van der Waals surface area contributed by atoms with Gasteiger partial charge in [0.1, 0.15) is 12.2 Å². The maximum atomic E-state index is 13.3. The van der Waals surface area contributed by atoms with Crippen molar-refractivity contribution < 1.29 is 33.4 Å². The molecule has 4 aliphatic carbocycles. The van der Waals surface area contributed by atoms with Gasteiger partial charge < -0.3 is 14.2 Å². The SMILES string of the molecule is CC(=O)OC1C[C@]2(C)C(=O)[C@H](OC(C)=O)CC2C2CC=C3C[C@@H](OC(C)=O)CC[C@]3(C)C12. The zero-order chi connectivity index (χ0) is 23.4. The molecule has 0 radical (unpaired) electrons. The minimum absolute atomic E-state index is 0.0493. The summed E-state index contributed by atoms with van der Waals surface area (Å²) in [7, 11) is 0. The lowest BCUT2D eigenvalue weighted by molar-refractivity contribution is -0.175. The van der Waals surface area contributed by atoms with Crippen molar-refractivity contribution >= 4 is 23.7 Å². The predicted molar refractivity (Wildman–Crippen MR) is 114 cm³/mol. The second-order valence-electron chi connectivity index (χ2n) is 10.6. The zero-order valence-electron chi connectivity index (χ0n) is 19.6. The summed E-state index contributed by atoms with van der Waals surface area (Å²) in [6, 6.07) is 0. The summed E-state index contributed by atoms with van der Waals surface area (Å²) >= 11 is 0. The van der Waals surface area contributed by atoms with Gasteiger partial charge in [0.25, 0.3) is 0 Å². The number of esters is 3. The maximum absolute atomic E-state index is 13.3. The first kappa shape index (κ1) is 23.0. The van der Waals surface area contributed by atoms with Crippen LogP contribution in [-0.4, -0.2) is 42.0 Å². The fraction of sp³-hybridized carbons (Fsp3) is 0.760. The number of hydrogen-bond acceptors (Lipinski definition) is 7. The van der Waals surface area contributed by atoms with E-state index in [1.165, 1.54) is 26.3 Å². The molecule has 4 aliphatic rings. The molecule has 0 spiro atoms. The van der Waals surface area contributed by atoms with E-state index < -0.39 is 17.5 Å². The Balaban J connectivity index is 1.70. The van der Waals surface area contributed by atoms with Crippen molar-refractivity contribution in [2.75, 3.05) is 0 Å². The average molecular weight is 447 g/mol. The molecule has 0 aromatic heterocycles. The largest absolute Gasteiger partial charge is 0.462 e. The number of ether oxygens (including phenoxy) is 3. The summed E-state index contributed by atoms with van der Waals surface area (Å²) < 4.78 is 16.8. The molecule has 7 heteroatoms. The molecular weight excluding hydrogens is 412 g/mol. The molecule has 4 rings (SSSR count). The van der Waals surface area contributed by atoms with Crippen molar-refractivity contribution in [1.29, 1.82) is 0 Å². The Morgan fingerprint density at radius 1 is 0.969 bits per heavy atom. The molecule has 0 amide bonds. The summed E-state index contributed by atoms with van der Waals surface area (Å²) in [5.41, 5.74) is 0.389. The third kappa shape index (κ3) is 3.67. The van der Waals surface area contributed by atoms with Gasteiger partial charge in [-0.05, 0) is 49.4 Å². The van der Waals surface area contributed by atoms with Crippen LogP contribution in [0, 0.1) is 28.6 Å². The van der Waals surface area contributed by atoms with Gasteiger partial charge in [0.15, 0.2) is 11.9 Å². The van der Waals surface area contributed by atoms with Crippen molar-refractivity contribution in [3.8, 4) is 0 Å². The Kier molecular flexibility index (Phi) is 5.74. The smallest absolute Gasteiger partial charge is 0.303 e. The monoisotopic (exact) mass is 446 g/mol. The zero-order valence-corrected chi connectivity index (χ0v) is 19.6. The highest BCUT2D eigenvalue weighted by atomic mass is 16.6. The topological polar surface area (TPSA) is 96.0 Å². The van der Waals surface area contributed by atoms with Crippen LogP contribution in [0.1, 0.15) is 73.1 Å². The van der Waals surface area contributed by atoms with Gasteiger partial charge >= 0.3 is 17.9 Å². The van der Waals surface area contributed by atoms with Crippen LogP contribution in [0.5, 0.6) is 0 Å². The molecule has 0 aromatic rings. The van der Waals surface area contributed by atoms with E-state index >= 15 is 0 Å². The molecule has 0 aromatic carbocycles. The Hall–Kier alpha value is -2.18. The van der Waals surface area contributed by atoms with E-state index in [-0.39, 0.29) is 53.1 Å². The van der Waals surface area contributed by atoms with E-state index in [9.17, 15) is 19.2 Å². The summed E-state index contributed by atoms with van der Waals surface area (Å²) in [5, 5.41) is 0. The van der Waals surface area contributed by atoms with E-state index in [0.29, 0.717) is 19.3 Å². The normalized spacial score (nSPS) is 42.7. The van der Waals surface area contributed by atoms with Gasteiger partial charge in [0.05, 0.1) is 0 Å². The summed E-state index contributed by atoms with van der Waals surface area (Å²) in [5.74, 6) is -0.802. The van der Waals surface area contributed by atoms with Crippen molar-refractivity contribution in [1.82, 2.24) is 0 Å². The van der Waals surface area contributed by atoms with Gasteiger partial charge in [-0.1, -0.05) is 25.5 Å². The minimum Gasteiger partial charge on any atom is -0.462 e. The van der Waals surface area contributed by atoms with Crippen LogP contribution < -0.4 is 0 Å². The number of fused-ring (bicyclic) bond motifs is 5. The fourth-order valence-corrected chi connectivity index (χ4v) is 7.45. The highest BCUT2D eigenvalue weighted by Crippen LogP contribution is 2.64. The molecule has 8 atom stereocenters. The molecule has 0 bridgehead atoms. The van der Waals surface area contributed by atoms with E-state index in [4.69, 9.17) is 14.2 Å². The van der Waals surface area contributed by atoms with E-state index in [1.807, 2.05) is 6.92 Å². The quantitative estimate of drug-likeness (QED) is 0.372. The lowest BCUT2D eigenvalue weighted by Gasteiger charge is -2.58. The first-order chi connectivity index (χ1) is 15.0.